The van der Waals surface area contributed by atoms with Gasteiger partial charge in [-0.1, -0.05) is 18.2 Å². The number of hydrogen-bond donors (Lipinski definition) is 0. The number of pyridine rings is 1. The highest BCUT2D eigenvalue weighted by Crippen LogP contribution is 2.67. The number of benzene rings is 1. The van der Waals surface area contributed by atoms with Crippen molar-refractivity contribution in [2.45, 2.75) is 40.0 Å². The van der Waals surface area contributed by atoms with E-state index in [1.807, 2.05) is 30.1 Å². The second-order valence-corrected chi connectivity index (χ2v) is 11.0. The average Bonchev–Trinajstić information content (AvgIpc) is 2.83. The molecule has 2 aromatic rings. The summed E-state index contributed by atoms with van der Waals surface area (Å²) in [7, 11) is -6.31. The smallest absolute Gasteiger partial charge is 0.359 e. The van der Waals surface area contributed by atoms with Crippen molar-refractivity contribution >= 4 is 21.2 Å². The van der Waals surface area contributed by atoms with Gasteiger partial charge in [-0.15, -0.1) is 0 Å². The van der Waals surface area contributed by atoms with Gasteiger partial charge < -0.3 is 13.9 Å². The molecule has 12 heteroatoms. The van der Waals surface area contributed by atoms with Crippen LogP contribution in [0.3, 0.4) is 0 Å². The number of hydrogen-bond acceptors (Lipinski definition) is 9. The van der Waals surface area contributed by atoms with Crippen molar-refractivity contribution in [3.63, 3.8) is 0 Å². The molecule has 0 bridgehead atoms. The Hall–Kier alpha value is -1.64. The monoisotopic (exact) mass is 532 g/mol. The lowest BCUT2D eigenvalue weighted by atomic mass is 10.1. The van der Waals surface area contributed by atoms with Crippen molar-refractivity contribution < 1.29 is 36.1 Å². The molecule has 0 N–H and O–H groups in total. The summed E-state index contributed by atoms with van der Waals surface area (Å²) in [5.74, 6) is -1.28. The molecule has 0 saturated heterocycles. The Labute approximate surface area is 207 Å². The number of phosphoric ester groups is 1. The summed E-state index contributed by atoms with van der Waals surface area (Å²) in [4.78, 5) is 6.20. The van der Waals surface area contributed by atoms with Gasteiger partial charge in [0.2, 0.25) is 0 Å². The lowest BCUT2D eigenvalue weighted by molar-refractivity contribution is 0.0891. The van der Waals surface area contributed by atoms with Crippen molar-refractivity contribution in [1.29, 1.82) is 0 Å². The second kappa shape index (κ2) is 14.2. The van der Waals surface area contributed by atoms with E-state index < -0.39 is 27.1 Å². The minimum atomic E-state index is -4.14. The zero-order chi connectivity index (χ0) is 25.9. The number of halogens is 1. The molecule has 1 aromatic carbocycles. The average molecular weight is 532 g/mol. The number of anilines is 1. The van der Waals surface area contributed by atoms with Gasteiger partial charge in [0.1, 0.15) is 11.6 Å². The van der Waals surface area contributed by atoms with Gasteiger partial charge in [0.25, 0.3) is 0 Å². The summed E-state index contributed by atoms with van der Waals surface area (Å²) >= 11 is 0. The zero-order valence-corrected chi connectivity index (χ0v) is 22.7. The maximum absolute atomic E-state index is 15.2. The number of rotatable bonds is 16. The van der Waals surface area contributed by atoms with Gasteiger partial charge in [0.15, 0.2) is 5.85 Å². The molecule has 0 fully saturated rings. The molecule has 1 heterocycles. The van der Waals surface area contributed by atoms with Crippen LogP contribution in [0.4, 0.5) is 10.2 Å². The van der Waals surface area contributed by atoms with Crippen LogP contribution in [-0.2, 0) is 38.2 Å². The van der Waals surface area contributed by atoms with Gasteiger partial charge in [-0.05, 0) is 63.4 Å². The number of nitrogens with zero attached hydrogens (tertiary/aromatic N) is 2. The van der Waals surface area contributed by atoms with Crippen LogP contribution >= 0.6 is 15.4 Å². The molecule has 1 atom stereocenters. The topological polar surface area (TPSA) is 96.4 Å². The molecule has 2 rings (SSSR count). The molecule has 1 aromatic heterocycles. The zero-order valence-electron chi connectivity index (χ0n) is 20.9. The Morgan fingerprint density at radius 2 is 1.57 bits per heavy atom. The second-order valence-electron chi connectivity index (χ2n) is 7.33. The molecule has 0 aliphatic rings. The lowest BCUT2D eigenvalue weighted by Gasteiger charge is -2.29. The maximum atomic E-state index is 15.2. The van der Waals surface area contributed by atoms with E-state index in [-0.39, 0.29) is 32.0 Å². The predicted molar refractivity (Wildman–Crippen MR) is 133 cm³/mol. The van der Waals surface area contributed by atoms with Gasteiger partial charge in [0.05, 0.1) is 26.4 Å². The molecular formula is C23H35FN2O7P2. The van der Waals surface area contributed by atoms with Gasteiger partial charge in [-0.25, -0.2) is 13.9 Å². The molecule has 9 nitrogen and oxygen atoms in total. The van der Waals surface area contributed by atoms with E-state index in [0.29, 0.717) is 18.5 Å². The summed E-state index contributed by atoms with van der Waals surface area (Å²) in [6, 6.07) is 9.89. The normalized spacial score (nSPS) is 13.1. The van der Waals surface area contributed by atoms with Crippen molar-refractivity contribution in [1.82, 2.24) is 4.98 Å². The van der Waals surface area contributed by atoms with Crippen molar-refractivity contribution in [2.75, 3.05) is 44.9 Å². The third-order valence-corrected chi connectivity index (χ3v) is 8.83. The van der Waals surface area contributed by atoms with Gasteiger partial charge in [-0.2, -0.15) is 0 Å². The molecule has 0 aliphatic carbocycles. The first-order chi connectivity index (χ1) is 16.7. The maximum Gasteiger partial charge on any atom is 0.475 e. The molecule has 0 saturated carbocycles. The Bertz CT molecular complexity index is 993. The Morgan fingerprint density at radius 1 is 0.943 bits per heavy atom. The van der Waals surface area contributed by atoms with Crippen LogP contribution in [0.25, 0.3) is 0 Å². The van der Waals surface area contributed by atoms with E-state index in [1.165, 1.54) is 6.07 Å². The van der Waals surface area contributed by atoms with E-state index in [0.717, 1.165) is 5.82 Å². The number of likely N-dealkylation sites (N-methyl/N-ethyl adjacent to an activating group) is 1. The Kier molecular flexibility index (Phi) is 12.0. The van der Waals surface area contributed by atoms with Crippen molar-refractivity contribution in [3.05, 3.63) is 59.5 Å². The molecule has 0 radical (unpaired) electrons. The molecule has 35 heavy (non-hydrogen) atoms. The minimum absolute atomic E-state index is 0.0225. The lowest BCUT2D eigenvalue weighted by Crippen LogP contribution is -2.21. The largest absolute Gasteiger partial charge is 0.475 e. The molecule has 0 amide bonds. The standard InChI is InChI=1S/C23H35FN2O7P2/c1-6-29-34(27,30-7-2)23(33-35(28,31-8-3)32-9-4)20-14-13-19(21(24)18-20)15-17-26(5)22-12-10-11-16-25-22/h10-14,16,18,23H,6-9,15,17H2,1-5H3. The molecular weight excluding hydrogens is 497 g/mol. The van der Waals surface area contributed by atoms with Gasteiger partial charge in [-0.3, -0.25) is 18.1 Å². The van der Waals surface area contributed by atoms with Crippen LogP contribution < -0.4 is 4.90 Å². The van der Waals surface area contributed by atoms with Crippen molar-refractivity contribution in [3.8, 4) is 0 Å². The third-order valence-electron chi connectivity index (χ3n) is 4.83. The fourth-order valence-electron chi connectivity index (χ4n) is 3.27. The van der Waals surface area contributed by atoms with E-state index in [2.05, 4.69) is 4.98 Å². The van der Waals surface area contributed by atoms with Crippen LogP contribution in [0.15, 0.2) is 42.6 Å². The number of aromatic nitrogens is 1. The minimum Gasteiger partial charge on any atom is -0.359 e. The van der Waals surface area contributed by atoms with Gasteiger partial charge >= 0.3 is 15.4 Å². The SMILES string of the molecule is CCOP(=O)(OCC)OC(c1ccc(CCN(C)c2ccccn2)c(F)c1)P(=O)(OCC)OCC. The summed E-state index contributed by atoms with van der Waals surface area (Å²) in [5, 5.41) is 0. The highest BCUT2D eigenvalue weighted by molar-refractivity contribution is 7.55. The van der Waals surface area contributed by atoms with E-state index >= 15 is 4.39 Å². The van der Waals surface area contributed by atoms with E-state index in [9.17, 15) is 9.13 Å². The number of phosphoric acid groups is 1. The molecule has 0 spiro atoms. The third kappa shape index (κ3) is 8.46. The van der Waals surface area contributed by atoms with Crippen LogP contribution in [0.2, 0.25) is 0 Å². The van der Waals surface area contributed by atoms with Crippen LogP contribution in [0.1, 0.15) is 44.7 Å². The fourth-order valence-corrected chi connectivity index (χ4v) is 6.87. The molecule has 196 valence electrons. The summed E-state index contributed by atoms with van der Waals surface area (Å²) in [6.07, 6.45) is 2.09. The summed E-state index contributed by atoms with van der Waals surface area (Å²) in [5.41, 5.74) is 0.574. The van der Waals surface area contributed by atoms with E-state index in [1.54, 1.807) is 46.0 Å². The van der Waals surface area contributed by atoms with Crippen LogP contribution in [-0.4, -0.2) is 45.0 Å². The van der Waals surface area contributed by atoms with Crippen molar-refractivity contribution in [2.24, 2.45) is 0 Å². The first-order valence-corrected chi connectivity index (χ1v) is 14.7. The fraction of sp³-hybridized carbons (Fsp3) is 0.522. The molecule has 0 aliphatic heterocycles. The van der Waals surface area contributed by atoms with E-state index in [4.69, 9.17) is 22.6 Å². The highest BCUT2D eigenvalue weighted by Gasteiger charge is 2.44. The molecule has 1 unspecified atom stereocenters. The Balaban J connectivity index is 2.35. The summed E-state index contributed by atoms with van der Waals surface area (Å²) < 4.78 is 68.8. The Morgan fingerprint density at radius 3 is 2.09 bits per heavy atom. The highest BCUT2D eigenvalue weighted by atomic mass is 31.2. The van der Waals surface area contributed by atoms with Gasteiger partial charge in [0, 0.05) is 19.8 Å². The van der Waals surface area contributed by atoms with Crippen LogP contribution in [0.5, 0.6) is 0 Å². The first kappa shape index (κ1) is 29.6. The quantitative estimate of drug-likeness (QED) is 0.229. The predicted octanol–water partition coefficient (Wildman–Crippen LogP) is 6.36. The summed E-state index contributed by atoms with van der Waals surface area (Å²) in [6.45, 7) is 7.13. The first-order valence-electron chi connectivity index (χ1n) is 11.6. The van der Waals surface area contributed by atoms with Crippen LogP contribution in [0, 0.1) is 5.82 Å².